The van der Waals surface area contributed by atoms with Crippen LogP contribution in [0.15, 0.2) is 18.2 Å². The smallest absolute Gasteiger partial charge is 0.303 e. The van der Waals surface area contributed by atoms with E-state index in [0.29, 0.717) is 12.8 Å². The molecule has 0 radical (unpaired) electrons. The highest BCUT2D eigenvalue weighted by atomic mass is 19.1. The van der Waals surface area contributed by atoms with Gasteiger partial charge in [-0.1, -0.05) is 6.07 Å². The summed E-state index contributed by atoms with van der Waals surface area (Å²) < 4.78 is 13.3. The molecule has 0 unspecified atom stereocenters. The molecular formula is C13H13FN2O3. The predicted octanol–water partition coefficient (Wildman–Crippen LogP) is 2.28. The molecule has 0 bridgehead atoms. The predicted molar refractivity (Wildman–Crippen MR) is 65.8 cm³/mol. The monoisotopic (exact) mass is 264 g/mol. The zero-order chi connectivity index (χ0) is 14.3. The fourth-order valence-corrected chi connectivity index (χ4v) is 1.52. The first-order valence-electron chi connectivity index (χ1n) is 5.75. The normalized spacial score (nSPS) is 9.68. The van der Waals surface area contributed by atoms with Crippen molar-refractivity contribution < 1.29 is 19.1 Å². The van der Waals surface area contributed by atoms with Crippen molar-refractivity contribution in [2.45, 2.75) is 25.7 Å². The summed E-state index contributed by atoms with van der Waals surface area (Å²) in [5, 5.41) is 19.7. The molecule has 1 aromatic rings. The van der Waals surface area contributed by atoms with E-state index in [-0.39, 0.29) is 30.0 Å². The summed E-state index contributed by atoms with van der Waals surface area (Å²) in [6, 6.07) is 5.66. The molecule has 100 valence electrons. The van der Waals surface area contributed by atoms with Crippen molar-refractivity contribution in [3.05, 3.63) is 29.6 Å². The first-order chi connectivity index (χ1) is 9.04. The second kappa shape index (κ2) is 7.11. The Labute approximate surface area is 109 Å². The van der Waals surface area contributed by atoms with E-state index in [1.54, 1.807) is 6.07 Å². The molecule has 0 aliphatic carbocycles. The number of hydrogen-bond donors (Lipinski definition) is 2. The van der Waals surface area contributed by atoms with Crippen molar-refractivity contribution in [3.63, 3.8) is 0 Å². The Kier molecular flexibility index (Phi) is 5.48. The van der Waals surface area contributed by atoms with Crippen LogP contribution in [0, 0.1) is 17.1 Å². The van der Waals surface area contributed by atoms with Crippen molar-refractivity contribution in [1.82, 2.24) is 0 Å². The molecule has 0 atom stereocenters. The molecule has 0 spiro atoms. The maximum atomic E-state index is 13.3. The fraction of sp³-hybridized carbons (Fsp3) is 0.308. The third kappa shape index (κ3) is 4.76. The summed E-state index contributed by atoms with van der Waals surface area (Å²) in [5.41, 5.74) is -0.0767. The third-order valence-electron chi connectivity index (χ3n) is 2.44. The second-order valence-electron chi connectivity index (χ2n) is 3.92. The number of anilines is 1. The molecule has 2 N–H and O–H groups in total. The molecule has 1 rings (SSSR count). The number of hydrogen-bond acceptors (Lipinski definition) is 3. The third-order valence-corrected chi connectivity index (χ3v) is 2.44. The summed E-state index contributed by atoms with van der Waals surface area (Å²) in [7, 11) is 0. The Morgan fingerprint density at radius 3 is 2.63 bits per heavy atom. The molecule has 0 aliphatic rings. The Balaban J connectivity index is 2.51. The van der Waals surface area contributed by atoms with Gasteiger partial charge in [-0.05, 0) is 25.0 Å². The number of benzene rings is 1. The highest BCUT2D eigenvalue weighted by Gasteiger charge is 2.10. The largest absolute Gasteiger partial charge is 0.481 e. The van der Waals surface area contributed by atoms with Crippen LogP contribution in [-0.2, 0) is 9.59 Å². The number of aliphatic carboxylic acids is 1. The van der Waals surface area contributed by atoms with Crippen LogP contribution >= 0.6 is 0 Å². The lowest BCUT2D eigenvalue weighted by Crippen LogP contribution is -2.12. The number of carbonyl (C=O) groups is 2. The van der Waals surface area contributed by atoms with Gasteiger partial charge in [-0.2, -0.15) is 5.26 Å². The van der Waals surface area contributed by atoms with Gasteiger partial charge in [0, 0.05) is 12.8 Å². The number of halogens is 1. The van der Waals surface area contributed by atoms with Crippen molar-refractivity contribution in [2.24, 2.45) is 0 Å². The highest BCUT2D eigenvalue weighted by Crippen LogP contribution is 2.18. The molecule has 0 saturated carbocycles. The van der Waals surface area contributed by atoms with Crippen molar-refractivity contribution in [1.29, 1.82) is 5.26 Å². The van der Waals surface area contributed by atoms with E-state index in [0.717, 1.165) is 6.07 Å². The van der Waals surface area contributed by atoms with E-state index in [9.17, 15) is 14.0 Å². The Hall–Kier alpha value is -2.42. The van der Waals surface area contributed by atoms with Gasteiger partial charge in [0.15, 0.2) is 0 Å². The molecule has 6 heteroatoms. The average Bonchev–Trinajstić information content (AvgIpc) is 2.35. The molecule has 0 saturated heterocycles. The Bertz CT molecular complexity index is 523. The van der Waals surface area contributed by atoms with E-state index in [1.165, 1.54) is 12.1 Å². The Morgan fingerprint density at radius 2 is 2.00 bits per heavy atom. The lowest BCUT2D eigenvalue weighted by molar-refractivity contribution is -0.137. The van der Waals surface area contributed by atoms with Gasteiger partial charge in [0.1, 0.15) is 17.4 Å². The highest BCUT2D eigenvalue weighted by molar-refractivity contribution is 5.92. The van der Waals surface area contributed by atoms with E-state index in [4.69, 9.17) is 10.4 Å². The van der Waals surface area contributed by atoms with Gasteiger partial charge in [-0.25, -0.2) is 4.39 Å². The lowest BCUT2D eigenvalue weighted by Gasteiger charge is -2.07. The van der Waals surface area contributed by atoms with Crippen LogP contribution in [0.2, 0.25) is 0 Å². The van der Waals surface area contributed by atoms with Crippen LogP contribution in [0.4, 0.5) is 10.1 Å². The minimum absolute atomic E-state index is 0.0106. The molecule has 19 heavy (non-hydrogen) atoms. The van der Waals surface area contributed by atoms with Crippen molar-refractivity contribution >= 4 is 17.6 Å². The molecule has 0 heterocycles. The minimum Gasteiger partial charge on any atom is -0.481 e. The maximum Gasteiger partial charge on any atom is 0.303 e. The number of nitrogens with zero attached hydrogens (tertiary/aromatic N) is 1. The number of nitrogens with one attached hydrogen (secondary N) is 1. The number of carbonyl (C=O) groups excluding carboxylic acids is 1. The van der Waals surface area contributed by atoms with E-state index < -0.39 is 11.8 Å². The number of unbranched alkanes of at least 4 members (excludes halogenated alkanes) is 1. The van der Waals surface area contributed by atoms with Crippen LogP contribution in [0.1, 0.15) is 31.2 Å². The second-order valence-corrected chi connectivity index (χ2v) is 3.92. The van der Waals surface area contributed by atoms with E-state index >= 15 is 0 Å². The SMILES string of the molecule is N#Cc1c(F)cccc1NC(=O)CCCCC(=O)O. The quantitative estimate of drug-likeness (QED) is 0.771. The first kappa shape index (κ1) is 14.6. The molecule has 0 aromatic heterocycles. The molecule has 0 aliphatic heterocycles. The zero-order valence-electron chi connectivity index (χ0n) is 10.1. The topological polar surface area (TPSA) is 90.2 Å². The van der Waals surface area contributed by atoms with Gasteiger partial charge in [0.05, 0.1) is 5.69 Å². The van der Waals surface area contributed by atoms with E-state index in [2.05, 4.69) is 5.32 Å². The van der Waals surface area contributed by atoms with Crippen molar-refractivity contribution in [3.8, 4) is 6.07 Å². The average molecular weight is 264 g/mol. The molecule has 1 amide bonds. The summed E-state index contributed by atoms with van der Waals surface area (Å²) in [4.78, 5) is 21.8. The number of nitriles is 1. The number of rotatable bonds is 6. The minimum atomic E-state index is -0.905. The van der Waals surface area contributed by atoms with E-state index in [1.807, 2.05) is 0 Å². The zero-order valence-corrected chi connectivity index (χ0v) is 10.1. The molecule has 1 aromatic carbocycles. The van der Waals surface area contributed by atoms with Crippen molar-refractivity contribution in [2.75, 3.05) is 5.32 Å². The molecule has 0 fully saturated rings. The number of carboxylic acid groups (broad SMARTS) is 1. The van der Waals surface area contributed by atoms with Gasteiger partial charge < -0.3 is 10.4 Å². The summed E-state index contributed by atoms with van der Waals surface area (Å²) in [5.74, 6) is -1.96. The summed E-state index contributed by atoms with van der Waals surface area (Å²) >= 11 is 0. The van der Waals surface area contributed by atoms with Crippen LogP contribution in [0.25, 0.3) is 0 Å². The first-order valence-corrected chi connectivity index (χ1v) is 5.75. The van der Waals surface area contributed by atoms with Crippen LogP contribution in [0.5, 0.6) is 0 Å². The fourth-order valence-electron chi connectivity index (χ4n) is 1.52. The number of carboxylic acids is 1. The van der Waals surface area contributed by atoms with Gasteiger partial charge in [0.2, 0.25) is 5.91 Å². The van der Waals surface area contributed by atoms with Crippen LogP contribution in [-0.4, -0.2) is 17.0 Å². The van der Waals surface area contributed by atoms with Crippen LogP contribution < -0.4 is 5.32 Å². The van der Waals surface area contributed by atoms with Gasteiger partial charge in [0.25, 0.3) is 0 Å². The van der Waals surface area contributed by atoms with Gasteiger partial charge in [-0.3, -0.25) is 9.59 Å². The summed E-state index contributed by atoms with van der Waals surface area (Å²) in [6.07, 6.45) is 0.970. The van der Waals surface area contributed by atoms with Crippen LogP contribution in [0.3, 0.4) is 0 Å². The maximum absolute atomic E-state index is 13.3. The number of amides is 1. The Morgan fingerprint density at radius 1 is 1.32 bits per heavy atom. The van der Waals surface area contributed by atoms with Gasteiger partial charge in [-0.15, -0.1) is 0 Å². The molecule has 5 nitrogen and oxygen atoms in total. The molecular weight excluding hydrogens is 251 g/mol. The standard InChI is InChI=1S/C13H13FN2O3/c14-10-4-3-5-11(9(10)8-15)16-12(17)6-1-2-7-13(18)19/h3-5H,1-2,6-7H2,(H,16,17)(H,18,19). The lowest BCUT2D eigenvalue weighted by atomic mass is 10.1. The summed E-state index contributed by atoms with van der Waals surface area (Å²) in [6.45, 7) is 0. The van der Waals surface area contributed by atoms with Gasteiger partial charge >= 0.3 is 5.97 Å².